The summed E-state index contributed by atoms with van der Waals surface area (Å²) in [5.41, 5.74) is 3.00. The molecule has 27 heavy (non-hydrogen) atoms. The molecule has 1 aliphatic heterocycles. The van der Waals surface area contributed by atoms with E-state index >= 15 is 0 Å². The van der Waals surface area contributed by atoms with Crippen LogP contribution >= 0.6 is 11.6 Å². The number of hydrogen-bond acceptors (Lipinski definition) is 3. The van der Waals surface area contributed by atoms with E-state index in [0.29, 0.717) is 23.7 Å². The van der Waals surface area contributed by atoms with Gasteiger partial charge in [0.05, 0.1) is 17.1 Å². The topological polar surface area (TPSA) is 52.6 Å². The Kier molecular flexibility index (Phi) is 6.48. The first kappa shape index (κ1) is 19.4. The maximum atomic E-state index is 12.4. The monoisotopic (exact) mass is 385 g/mol. The fraction of sp³-hybridized carbons (Fsp3) is 0.333. The van der Waals surface area contributed by atoms with Crippen molar-refractivity contribution in [2.45, 2.75) is 13.5 Å². The number of hydrogen-bond donors (Lipinski definition) is 1. The summed E-state index contributed by atoms with van der Waals surface area (Å²) in [5, 5.41) is 3.05. The predicted molar refractivity (Wildman–Crippen MR) is 107 cm³/mol. The molecule has 1 heterocycles. The van der Waals surface area contributed by atoms with Gasteiger partial charge in [-0.15, -0.1) is 0 Å². The zero-order valence-corrected chi connectivity index (χ0v) is 16.2. The van der Waals surface area contributed by atoms with Gasteiger partial charge in [-0.25, -0.2) is 0 Å². The third-order valence-corrected chi connectivity index (χ3v) is 5.23. The Morgan fingerprint density at radius 3 is 2.37 bits per heavy atom. The molecule has 0 aliphatic carbocycles. The molecule has 0 radical (unpaired) electrons. The molecule has 0 aromatic heterocycles. The minimum atomic E-state index is -0.327. The summed E-state index contributed by atoms with van der Waals surface area (Å²) >= 11 is 6.02. The maximum Gasteiger partial charge on any atom is 0.253 e. The molecule has 142 valence electrons. The molecule has 1 aliphatic rings. The molecule has 2 aromatic rings. The smallest absolute Gasteiger partial charge is 0.253 e. The zero-order chi connectivity index (χ0) is 19.2. The van der Waals surface area contributed by atoms with Crippen molar-refractivity contribution in [3.05, 3.63) is 70.2 Å². The molecule has 6 heteroatoms. The van der Waals surface area contributed by atoms with Crippen molar-refractivity contribution in [1.82, 2.24) is 15.1 Å². The third-order valence-electron chi connectivity index (χ3n) is 4.90. The Morgan fingerprint density at radius 2 is 1.67 bits per heavy atom. The molecule has 1 fully saturated rings. The van der Waals surface area contributed by atoms with Gasteiger partial charge in [0.2, 0.25) is 5.91 Å². The standard InChI is InChI=1S/C21H24ClN3O2/c1-16-6-2-3-7-17(16)15-24-10-12-25(13-11-24)20(26)14-23-21(27)18-8-4-5-9-19(18)22/h2-9H,10-15H2,1H3,(H,23,27). The van der Waals surface area contributed by atoms with E-state index in [1.165, 1.54) is 11.1 Å². The van der Waals surface area contributed by atoms with Gasteiger partial charge in [-0.05, 0) is 30.2 Å². The summed E-state index contributed by atoms with van der Waals surface area (Å²) in [6.07, 6.45) is 0. The SMILES string of the molecule is Cc1ccccc1CN1CCN(C(=O)CNC(=O)c2ccccc2Cl)CC1. The van der Waals surface area contributed by atoms with Crippen molar-refractivity contribution < 1.29 is 9.59 Å². The number of nitrogens with one attached hydrogen (secondary N) is 1. The summed E-state index contributed by atoms with van der Waals surface area (Å²) < 4.78 is 0. The van der Waals surface area contributed by atoms with Gasteiger partial charge >= 0.3 is 0 Å². The van der Waals surface area contributed by atoms with Crippen LogP contribution < -0.4 is 5.32 Å². The number of nitrogens with zero attached hydrogens (tertiary/aromatic N) is 2. The molecule has 0 saturated carbocycles. The van der Waals surface area contributed by atoms with Crippen LogP contribution in [-0.2, 0) is 11.3 Å². The number of piperazine rings is 1. The Balaban J connectivity index is 1.45. The first-order chi connectivity index (χ1) is 13.0. The van der Waals surface area contributed by atoms with E-state index in [1.807, 2.05) is 6.07 Å². The number of carbonyl (C=O) groups excluding carboxylic acids is 2. The van der Waals surface area contributed by atoms with Crippen LogP contribution in [0.15, 0.2) is 48.5 Å². The number of carbonyl (C=O) groups is 2. The van der Waals surface area contributed by atoms with Crippen LogP contribution in [0, 0.1) is 6.92 Å². The highest BCUT2D eigenvalue weighted by molar-refractivity contribution is 6.33. The molecule has 2 amide bonds. The van der Waals surface area contributed by atoms with E-state index in [1.54, 1.807) is 29.2 Å². The van der Waals surface area contributed by atoms with Crippen LogP contribution in [0.2, 0.25) is 5.02 Å². The van der Waals surface area contributed by atoms with Crippen LogP contribution in [0.5, 0.6) is 0 Å². The molecule has 2 aromatic carbocycles. The van der Waals surface area contributed by atoms with E-state index in [2.05, 4.69) is 35.3 Å². The number of benzene rings is 2. The van der Waals surface area contributed by atoms with E-state index in [0.717, 1.165) is 19.6 Å². The molecule has 1 saturated heterocycles. The van der Waals surface area contributed by atoms with Crippen molar-refractivity contribution in [3.63, 3.8) is 0 Å². The van der Waals surface area contributed by atoms with E-state index in [4.69, 9.17) is 11.6 Å². The quantitative estimate of drug-likeness (QED) is 0.861. The molecule has 5 nitrogen and oxygen atoms in total. The lowest BCUT2D eigenvalue weighted by atomic mass is 10.1. The zero-order valence-electron chi connectivity index (χ0n) is 15.5. The second-order valence-corrected chi connectivity index (χ2v) is 7.15. The highest BCUT2D eigenvalue weighted by Crippen LogP contribution is 2.15. The largest absolute Gasteiger partial charge is 0.343 e. The Bertz CT molecular complexity index is 817. The normalized spacial score (nSPS) is 14.8. The van der Waals surface area contributed by atoms with Crippen LogP contribution in [-0.4, -0.2) is 54.3 Å². The third kappa shape index (κ3) is 5.08. The maximum absolute atomic E-state index is 12.4. The lowest BCUT2D eigenvalue weighted by Crippen LogP contribution is -2.50. The number of rotatable bonds is 5. The average molecular weight is 386 g/mol. The van der Waals surface area contributed by atoms with E-state index < -0.39 is 0 Å². The van der Waals surface area contributed by atoms with Crippen LogP contribution in [0.25, 0.3) is 0 Å². The highest BCUT2D eigenvalue weighted by atomic mass is 35.5. The first-order valence-corrected chi connectivity index (χ1v) is 9.50. The Labute approximate surface area is 164 Å². The summed E-state index contributed by atoms with van der Waals surface area (Å²) in [6, 6.07) is 15.2. The molecule has 0 spiro atoms. The highest BCUT2D eigenvalue weighted by Gasteiger charge is 2.22. The number of amides is 2. The number of halogens is 1. The molecule has 0 unspecified atom stereocenters. The summed E-state index contributed by atoms with van der Waals surface area (Å²) in [4.78, 5) is 28.7. The minimum absolute atomic E-state index is 0.0121. The fourth-order valence-corrected chi connectivity index (χ4v) is 3.41. The van der Waals surface area contributed by atoms with E-state index in [9.17, 15) is 9.59 Å². The molecule has 0 bridgehead atoms. The molecule has 3 rings (SSSR count). The average Bonchev–Trinajstić information content (AvgIpc) is 2.68. The van der Waals surface area contributed by atoms with E-state index in [-0.39, 0.29) is 18.4 Å². The second-order valence-electron chi connectivity index (χ2n) is 6.75. The lowest BCUT2D eigenvalue weighted by Gasteiger charge is -2.35. The van der Waals surface area contributed by atoms with Gasteiger partial charge in [-0.3, -0.25) is 14.5 Å². The molecule has 1 N–H and O–H groups in total. The van der Waals surface area contributed by atoms with Crippen molar-refractivity contribution in [2.75, 3.05) is 32.7 Å². The van der Waals surface area contributed by atoms with Gasteiger partial charge in [0.1, 0.15) is 0 Å². The summed E-state index contributed by atoms with van der Waals surface area (Å²) in [7, 11) is 0. The predicted octanol–water partition coefficient (Wildman–Crippen LogP) is 2.72. The summed E-state index contributed by atoms with van der Waals surface area (Å²) in [5.74, 6) is -0.391. The molecular weight excluding hydrogens is 362 g/mol. The van der Waals surface area contributed by atoms with Crippen molar-refractivity contribution in [3.8, 4) is 0 Å². The van der Waals surface area contributed by atoms with Gasteiger partial charge in [0.15, 0.2) is 0 Å². The van der Waals surface area contributed by atoms with Gasteiger partial charge in [0.25, 0.3) is 5.91 Å². The van der Waals surface area contributed by atoms with Crippen molar-refractivity contribution >= 4 is 23.4 Å². The van der Waals surface area contributed by atoms with Crippen LogP contribution in [0.4, 0.5) is 0 Å². The minimum Gasteiger partial charge on any atom is -0.343 e. The van der Waals surface area contributed by atoms with Crippen LogP contribution in [0.1, 0.15) is 21.5 Å². The second kappa shape index (κ2) is 9.02. The van der Waals surface area contributed by atoms with Crippen LogP contribution in [0.3, 0.4) is 0 Å². The fourth-order valence-electron chi connectivity index (χ4n) is 3.19. The van der Waals surface area contributed by atoms with Crippen molar-refractivity contribution in [1.29, 1.82) is 0 Å². The first-order valence-electron chi connectivity index (χ1n) is 9.12. The molecule has 0 atom stereocenters. The Morgan fingerprint density at radius 1 is 1.00 bits per heavy atom. The van der Waals surface area contributed by atoms with Gasteiger partial charge in [0, 0.05) is 32.7 Å². The van der Waals surface area contributed by atoms with Gasteiger partial charge in [-0.1, -0.05) is 48.0 Å². The summed E-state index contributed by atoms with van der Waals surface area (Å²) in [6.45, 7) is 6.02. The lowest BCUT2D eigenvalue weighted by molar-refractivity contribution is -0.131. The molecular formula is C21H24ClN3O2. The number of aryl methyl sites for hydroxylation is 1. The van der Waals surface area contributed by atoms with Gasteiger partial charge in [-0.2, -0.15) is 0 Å². The van der Waals surface area contributed by atoms with Crippen molar-refractivity contribution in [2.24, 2.45) is 0 Å². The Hall–Kier alpha value is -2.37. The van der Waals surface area contributed by atoms with Gasteiger partial charge < -0.3 is 10.2 Å².